The lowest BCUT2D eigenvalue weighted by atomic mass is 10.2. The van der Waals surface area contributed by atoms with E-state index in [1.807, 2.05) is 24.4 Å². The van der Waals surface area contributed by atoms with Gasteiger partial charge in [-0.25, -0.2) is 0 Å². The molecule has 0 amide bonds. The predicted octanol–water partition coefficient (Wildman–Crippen LogP) is 3.31. The van der Waals surface area contributed by atoms with Crippen LogP contribution >= 0.6 is 22.9 Å². The molecule has 12 heavy (non-hydrogen) atoms. The van der Waals surface area contributed by atoms with Crippen LogP contribution in [0.1, 0.15) is 18.2 Å². The highest BCUT2D eigenvalue weighted by Crippen LogP contribution is 2.27. The lowest BCUT2D eigenvalue weighted by molar-refractivity contribution is -0.104. The van der Waals surface area contributed by atoms with Crippen LogP contribution in [0.5, 0.6) is 0 Å². The normalized spacial score (nSPS) is 12.5. The van der Waals surface area contributed by atoms with Gasteiger partial charge in [-0.1, -0.05) is 24.6 Å². The van der Waals surface area contributed by atoms with E-state index in [0.717, 1.165) is 11.2 Å². The summed E-state index contributed by atoms with van der Waals surface area (Å²) in [6.45, 7) is 1.92. The maximum Gasteiger partial charge on any atom is 0.147 e. The van der Waals surface area contributed by atoms with Gasteiger partial charge in [-0.2, -0.15) is 0 Å². The first kappa shape index (κ1) is 9.49. The molecule has 0 atom stereocenters. The lowest BCUT2D eigenvalue weighted by Gasteiger charge is -1.97. The Morgan fingerprint density at radius 3 is 2.92 bits per heavy atom. The standard InChI is InChI=1S/C9H9ClOS/c1-2-7(6-11)9(10)8-4-3-5-12-8/h3-6H,2H2,1H3/b9-7+. The molecule has 0 fully saturated rings. The van der Waals surface area contributed by atoms with Gasteiger partial charge in [0, 0.05) is 10.5 Å². The van der Waals surface area contributed by atoms with Crippen LogP contribution in [0.3, 0.4) is 0 Å². The van der Waals surface area contributed by atoms with Gasteiger partial charge >= 0.3 is 0 Å². The molecule has 0 bridgehead atoms. The van der Waals surface area contributed by atoms with Crippen LogP contribution < -0.4 is 0 Å². The van der Waals surface area contributed by atoms with Crippen molar-refractivity contribution in [2.45, 2.75) is 13.3 Å². The molecule has 0 aromatic carbocycles. The van der Waals surface area contributed by atoms with Crippen molar-refractivity contribution in [3.05, 3.63) is 28.0 Å². The van der Waals surface area contributed by atoms with Gasteiger partial charge in [-0.3, -0.25) is 4.79 Å². The third kappa shape index (κ3) is 1.96. The molecule has 0 unspecified atom stereocenters. The van der Waals surface area contributed by atoms with Gasteiger partial charge in [0.25, 0.3) is 0 Å². The summed E-state index contributed by atoms with van der Waals surface area (Å²) < 4.78 is 0. The highest BCUT2D eigenvalue weighted by molar-refractivity contribution is 7.12. The summed E-state index contributed by atoms with van der Waals surface area (Å²) >= 11 is 7.51. The molecule has 0 aliphatic heterocycles. The van der Waals surface area contributed by atoms with E-state index in [4.69, 9.17) is 11.6 Å². The average Bonchev–Trinajstić information content (AvgIpc) is 2.58. The minimum Gasteiger partial charge on any atom is -0.298 e. The zero-order valence-corrected chi connectivity index (χ0v) is 8.28. The van der Waals surface area contributed by atoms with Gasteiger partial charge in [0.05, 0.1) is 5.03 Å². The molecule has 1 heterocycles. The molecule has 0 saturated heterocycles. The first-order valence-corrected chi connectivity index (χ1v) is 4.93. The molecule has 1 nitrogen and oxygen atoms in total. The Morgan fingerprint density at radius 1 is 1.75 bits per heavy atom. The largest absolute Gasteiger partial charge is 0.298 e. The second-order valence-corrected chi connectivity index (χ2v) is 3.61. The van der Waals surface area contributed by atoms with Crippen LogP contribution in [0, 0.1) is 0 Å². The van der Waals surface area contributed by atoms with Crippen molar-refractivity contribution in [1.29, 1.82) is 0 Å². The van der Waals surface area contributed by atoms with Crippen molar-refractivity contribution in [3.8, 4) is 0 Å². The van der Waals surface area contributed by atoms with Crippen LogP contribution in [0.4, 0.5) is 0 Å². The molecular formula is C9H9ClOS. The zero-order valence-electron chi connectivity index (χ0n) is 6.71. The number of aldehydes is 1. The van der Waals surface area contributed by atoms with E-state index in [1.54, 1.807) is 11.3 Å². The Morgan fingerprint density at radius 2 is 2.50 bits per heavy atom. The number of carbonyl (C=O) groups excluding carboxylic acids is 1. The summed E-state index contributed by atoms with van der Waals surface area (Å²) in [6, 6.07) is 3.83. The van der Waals surface area contributed by atoms with E-state index in [2.05, 4.69) is 0 Å². The molecule has 0 N–H and O–H groups in total. The van der Waals surface area contributed by atoms with E-state index in [9.17, 15) is 4.79 Å². The summed E-state index contributed by atoms with van der Waals surface area (Å²) in [5, 5.41) is 2.53. The molecule has 0 spiro atoms. The third-order valence-electron chi connectivity index (χ3n) is 1.54. The zero-order chi connectivity index (χ0) is 8.97. The fourth-order valence-corrected chi connectivity index (χ4v) is 1.92. The van der Waals surface area contributed by atoms with Crippen molar-refractivity contribution < 1.29 is 4.79 Å². The van der Waals surface area contributed by atoms with E-state index < -0.39 is 0 Å². The maximum absolute atomic E-state index is 10.5. The molecule has 64 valence electrons. The van der Waals surface area contributed by atoms with Crippen LogP contribution in [0.25, 0.3) is 5.03 Å². The molecule has 1 aromatic rings. The molecule has 0 radical (unpaired) electrons. The molecule has 0 aliphatic carbocycles. The second-order valence-electron chi connectivity index (χ2n) is 2.29. The molecule has 0 saturated carbocycles. The van der Waals surface area contributed by atoms with Crippen molar-refractivity contribution >= 4 is 34.3 Å². The van der Waals surface area contributed by atoms with Crippen molar-refractivity contribution in [2.75, 3.05) is 0 Å². The minimum atomic E-state index is 0.586. The first-order chi connectivity index (χ1) is 5.79. The predicted molar refractivity (Wildman–Crippen MR) is 53.4 cm³/mol. The Bertz CT molecular complexity index is 287. The van der Waals surface area contributed by atoms with Crippen LogP contribution in [-0.4, -0.2) is 6.29 Å². The Labute approximate surface area is 80.7 Å². The Kier molecular flexibility index (Phi) is 3.50. The van der Waals surface area contributed by atoms with Gasteiger partial charge in [0.15, 0.2) is 0 Å². The van der Waals surface area contributed by atoms with Gasteiger partial charge in [0.2, 0.25) is 0 Å². The molecule has 1 rings (SSSR count). The summed E-state index contributed by atoms with van der Waals surface area (Å²) in [6.07, 6.45) is 1.50. The quantitative estimate of drug-likeness (QED) is 0.541. The highest BCUT2D eigenvalue weighted by atomic mass is 35.5. The lowest BCUT2D eigenvalue weighted by Crippen LogP contribution is -1.84. The Hall–Kier alpha value is -0.600. The van der Waals surface area contributed by atoms with Crippen LogP contribution in [0.2, 0.25) is 0 Å². The van der Waals surface area contributed by atoms with E-state index in [1.165, 1.54) is 0 Å². The monoisotopic (exact) mass is 200 g/mol. The summed E-state index contributed by atoms with van der Waals surface area (Å²) in [4.78, 5) is 11.5. The topological polar surface area (TPSA) is 17.1 Å². The smallest absolute Gasteiger partial charge is 0.147 e. The van der Waals surface area contributed by atoms with Gasteiger partial charge in [-0.15, -0.1) is 11.3 Å². The molecular weight excluding hydrogens is 192 g/mol. The van der Waals surface area contributed by atoms with Gasteiger partial charge in [-0.05, 0) is 17.9 Å². The number of rotatable bonds is 3. The first-order valence-electron chi connectivity index (χ1n) is 3.67. The summed E-state index contributed by atoms with van der Waals surface area (Å²) in [5.74, 6) is 0. The van der Waals surface area contributed by atoms with Crippen molar-refractivity contribution in [2.24, 2.45) is 0 Å². The second kappa shape index (κ2) is 4.43. The van der Waals surface area contributed by atoms with Crippen molar-refractivity contribution in [3.63, 3.8) is 0 Å². The fraction of sp³-hybridized carbons (Fsp3) is 0.222. The maximum atomic E-state index is 10.5. The van der Waals surface area contributed by atoms with Crippen LogP contribution in [-0.2, 0) is 4.79 Å². The molecule has 0 aliphatic rings. The number of hydrogen-bond acceptors (Lipinski definition) is 2. The third-order valence-corrected chi connectivity index (χ3v) is 2.99. The summed E-state index contributed by atoms with van der Waals surface area (Å²) in [7, 11) is 0. The average molecular weight is 201 g/mol. The Balaban J connectivity index is 3.02. The van der Waals surface area contributed by atoms with E-state index >= 15 is 0 Å². The van der Waals surface area contributed by atoms with Crippen molar-refractivity contribution in [1.82, 2.24) is 0 Å². The highest BCUT2D eigenvalue weighted by Gasteiger charge is 2.04. The van der Waals surface area contributed by atoms with E-state index in [-0.39, 0.29) is 0 Å². The van der Waals surface area contributed by atoms with E-state index in [0.29, 0.717) is 17.0 Å². The number of thiophene rings is 1. The summed E-state index contributed by atoms with van der Waals surface area (Å²) in [5.41, 5.74) is 0.666. The number of allylic oxidation sites excluding steroid dienone is 1. The molecule has 1 aromatic heterocycles. The van der Waals surface area contributed by atoms with Crippen LogP contribution in [0.15, 0.2) is 23.1 Å². The van der Waals surface area contributed by atoms with Gasteiger partial charge in [0.1, 0.15) is 6.29 Å². The minimum absolute atomic E-state index is 0.586. The number of carbonyl (C=O) groups is 1. The fourth-order valence-electron chi connectivity index (χ4n) is 0.852. The molecule has 3 heteroatoms. The number of halogens is 1. The SMILES string of the molecule is CC/C(C=O)=C(\Cl)c1cccs1. The number of hydrogen-bond donors (Lipinski definition) is 0. The van der Waals surface area contributed by atoms with Gasteiger partial charge < -0.3 is 0 Å².